The second-order valence-corrected chi connectivity index (χ2v) is 9.42. The van der Waals surface area contributed by atoms with Gasteiger partial charge in [-0.15, -0.1) is 0 Å². The minimum absolute atomic E-state index is 0.0258. The summed E-state index contributed by atoms with van der Waals surface area (Å²) in [6.45, 7) is 4.01. The van der Waals surface area contributed by atoms with Crippen molar-refractivity contribution in [2.75, 3.05) is 5.32 Å². The van der Waals surface area contributed by atoms with Gasteiger partial charge in [0.05, 0.1) is 22.0 Å². The van der Waals surface area contributed by atoms with Gasteiger partial charge in [-0.25, -0.2) is 17.8 Å². The van der Waals surface area contributed by atoms with Crippen molar-refractivity contribution < 1.29 is 13.2 Å². The Morgan fingerprint density at radius 1 is 0.909 bits per heavy atom. The number of aromatic nitrogens is 2. The van der Waals surface area contributed by atoms with Gasteiger partial charge in [0.2, 0.25) is 10.0 Å². The zero-order valence-corrected chi connectivity index (χ0v) is 19.1. The highest BCUT2D eigenvalue weighted by Gasteiger charge is 2.17. The molecular formula is C25H24N4O3S. The van der Waals surface area contributed by atoms with Crippen molar-refractivity contribution in [3.05, 3.63) is 107 Å². The number of rotatable bonds is 7. The smallest absolute Gasteiger partial charge is 0.255 e. The molecule has 3 aromatic carbocycles. The Morgan fingerprint density at radius 2 is 1.64 bits per heavy atom. The Kier molecular flexibility index (Phi) is 6.39. The predicted molar refractivity (Wildman–Crippen MR) is 128 cm³/mol. The molecule has 0 atom stereocenters. The molecule has 0 bridgehead atoms. The van der Waals surface area contributed by atoms with E-state index in [2.05, 4.69) is 15.1 Å². The molecule has 0 fully saturated rings. The van der Waals surface area contributed by atoms with Crippen LogP contribution in [0.2, 0.25) is 0 Å². The summed E-state index contributed by atoms with van der Waals surface area (Å²) in [5.74, 6) is -0.413. The van der Waals surface area contributed by atoms with Crippen LogP contribution in [0.5, 0.6) is 0 Å². The highest BCUT2D eigenvalue weighted by atomic mass is 32.2. The van der Waals surface area contributed by atoms with E-state index in [-0.39, 0.29) is 17.0 Å². The number of aryl methyl sites for hydroxylation is 2. The minimum atomic E-state index is -3.79. The Balaban J connectivity index is 1.55. The maximum absolute atomic E-state index is 13.0. The number of hydrogen-bond donors (Lipinski definition) is 2. The van der Waals surface area contributed by atoms with Crippen molar-refractivity contribution in [1.29, 1.82) is 0 Å². The van der Waals surface area contributed by atoms with Gasteiger partial charge in [-0.2, -0.15) is 5.10 Å². The molecule has 0 spiro atoms. The van der Waals surface area contributed by atoms with Crippen LogP contribution >= 0.6 is 0 Å². The summed E-state index contributed by atoms with van der Waals surface area (Å²) in [6.07, 6.45) is 0. The lowest BCUT2D eigenvalue weighted by Gasteiger charge is -2.13. The quantitative estimate of drug-likeness (QED) is 0.432. The molecule has 0 unspecified atom stereocenters. The summed E-state index contributed by atoms with van der Waals surface area (Å²) in [5.41, 5.74) is 4.19. The third-order valence-electron chi connectivity index (χ3n) is 5.11. The molecule has 0 saturated carbocycles. The summed E-state index contributed by atoms with van der Waals surface area (Å²) < 4.78 is 29.9. The molecule has 0 aliphatic heterocycles. The normalized spacial score (nSPS) is 11.3. The van der Waals surface area contributed by atoms with Crippen LogP contribution in [-0.4, -0.2) is 24.1 Å². The Morgan fingerprint density at radius 3 is 2.36 bits per heavy atom. The molecule has 7 nitrogen and oxygen atoms in total. The summed E-state index contributed by atoms with van der Waals surface area (Å²) in [5, 5.41) is 7.37. The molecule has 1 amide bonds. The second-order valence-electron chi connectivity index (χ2n) is 7.65. The summed E-state index contributed by atoms with van der Waals surface area (Å²) in [4.78, 5) is 13.0. The SMILES string of the molecule is Cc1cc(C)n(-c2ccccc2NC(=O)c2cccc(S(=O)(=O)NCc3ccccc3)c2)n1. The van der Waals surface area contributed by atoms with Crippen LogP contribution in [-0.2, 0) is 16.6 Å². The van der Waals surface area contributed by atoms with E-state index < -0.39 is 15.9 Å². The van der Waals surface area contributed by atoms with Crippen LogP contribution in [0.1, 0.15) is 27.3 Å². The third kappa shape index (κ3) is 5.19. The first kappa shape index (κ1) is 22.4. The maximum Gasteiger partial charge on any atom is 0.255 e. The largest absolute Gasteiger partial charge is 0.320 e. The van der Waals surface area contributed by atoms with Crippen LogP contribution in [0.15, 0.2) is 89.8 Å². The Bertz CT molecular complexity index is 1400. The second kappa shape index (κ2) is 9.40. The van der Waals surface area contributed by atoms with Crippen molar-refractivity contribution in [1.82, 2.24) is 14.5 Å². The van der Waals surface area contributed by atoms with Gasteiger partial charge in [-0.3, -0.25) is 4.79 Å². The van der Waals surface area contributed by atoms with Gasteiger partial charge in [0.15, 0.2) is 0 Å². The fourth-order valence-electron chi connectivity index (χ4n) is 3.49. The highest BCUT2D eigenvalue weighted by molar-refractivity contribution is 7.89. The van der Waals surface area contributed by atoms with E-state index in [9.17, 15) is 13.2 Å². The van der Waals surface area contributed by atoms with Gasteiger partial charge in [0.25, 0.3) is 5.91 Å². The lowest BCUT2D eigenvalue weighted by molar-refractivity contribution is 0.102. The highest BCUT2D eigenvalue weighted by Crippen LogP contribution is 2.23. The van der Waals surface area contributed by atoms with Crippen molar-refractivity contribution in [3.63, 3.8) is 0 Å². The van der Waals surface area contributed by atoms with E-state index in [4.69, 9.17) is 0 Å². The van der Waals surface area contributed by atoms with Crippen molar-refractivity contribution in [2.45, 2.75) is 25.3 Å². The average Bonchev–Trinajstić information content (AvgIpc) is 3.16. The summed E-state index contributed by atoms with van der Waals surface area (Å²) in [6, 6.07) is 24.5. The zero-order chi connectivity index (χ0) is 23.4. The number of benzene rings is 3. The van der Waals surface area contributed by atoms with Gasteiger partial charge in [-0.05, 0) is 55.8 Å². The lowest BCUT2D eigenvalue weighted by atomic mass is 10.2. The topological polar surface area (TPSA) is 93.1 Å². The fourth-order valence-corrected chi connectivity index (χ4v) is 4.56. The van der Waals surface area contributed by atoms with Crippen LogP contribution in [0, 0.1) is 13.8 Å². The van der Waals surface area contributed by atoms with Crippen molar-refractivity contribution in [3.8, 4) is 5.69 Å². The van der Waals surface area contributed by atoms with Gasteiger partial charge in [0, 0.05) is 17.8 Å². The number of sulfonamides is 1. The molecule has 4 aromatic rings. The number of carbonyl (C=O) groups is 1. The molecule has 2 N–H and O–H groups in total. The molecule has 0 radical (unpaired) electrons. The van der Waals surface area contributed by atoms with E-state index in [0.29, 0.717) is 5.69 Å². The fraction of sp³-hybridized carbons (Fsp3) is 0.120. The number of anilines is 1. The van der Waals surface area contributed by atoms with Crippen LogP contribution in [0.25, 0.3) is 5.69 Å². The van der Waals surface area contributed by atoms with E-state index in [0.717, 1.165) is 22.6 Å². The van der Waals surface area contributed by atoms with Crippen LogP contribution in [0.3, 0.4) is 0 Å². The van der Waals surface area contributed by atoms with Gasteiger partial charge in [0.1, 0.15) is 0 Å². The first-order valence-electron chi connectivity index (χ1n) is 10.4. The van der Waals surface area contributed by atoms with Gasteiger partial charge >= 0.3 is 0 Å². The number of amides is 1. The third-order valence-corrected chi connectivity index (χ3v) is 6.50. The minimum Gasteiger partial charge on any atom is -0.320 e. The Labute approximate surface area is 193 Å². The summed E-state index contributed by atoms with van der Waals surface area (Å²) >= 11 is 0. The van der Waals surface area contributed by atoms with Crippen molar-refractivity contribution >= 4 is 21.6 Å². The molecule has 0 aliphatic carbocycles. The molecule has 33 heavy (non-hydrogen) atoms. The average molecular weight is 461 g/mol. The zero-order valence-electron chi connectivity index (χ0n) is 18.3. The van der Waals surface area contributed by atoms with Gasteiger partial charge in [-0.1, -0.05) is 48.5 Å². The Hall–Kier alpha value is -3.75. The first-order valence-corrected chi connectivity index (χ1v) is 11.9. The first-order chi connectivity index (χ1) is 15.8. The number of hydrogen-bond acceptors (Lipinski definition) is 4. The van der Waals surface area contributed by atoms with E-state index in [1.807, 2.05) is 68.4 Å². The predicted octanol–water partition coefficient (Wildman–Crippen LogP) is 4.22. The monoisotopic (exact) mass is 460 g/mol. The summed E-state index contributed by atoms with van der Waals surface area (Å²) in [7, 11) is -3.79. The van der Waals surface area contributed by atoms with Crippen LogP contribution < -0.4 is 10.0 Å². The molecule has 168 valence electrons. The van der Waals surface area contributed by atoms with Crippen LogP contribution in [0.4, 0.5) is 5.69 Å². The number of carbonyl (C=O) groups excluding carboxylic acids is 1. The van der Waals surface area contributed by atoms with E-state index >= 15 is 0 Å². The van der Waals surface area contributed by atoms with E-state index in [1.165, 1.54) is 12.1 Å². The molecule has 4 rings (SSSR count). The molecular weight excluding hydrogens is 436 g/mol. The number of nitrogens with one attached hydrogen (secondary N) is 2. The standard InChI is InChI=1S/C25H24N4O3S/c1-18-15-19(2)29(28-18)24-14-7-6-13-23(24)27-25(30)21-11-8-12-22(16-21)33(31,32)26-17-20-9-4-3-5-10-20/h3-16,26H,17H2,1-2H3,(H,27,30). The molecule has 1 aromatic heterocycles. The number of para-hydroxylation sites is 2. The molecule has 0 saturated heterocycles. The maximum atomic E-state index is 13.0. The molecule has 0 aliphatic rings. The lowest BCUT2D eigenvalue weighted by Crippen LogP contribution is -2.23. The van der Waals surface area contributed by atoms with Gasteiger partial charge < -0.3 is 5.32 Å². The molecule has 8 heteroatoms. The molecule has 1 heterocycles. The number of nitrogens with zero attached hydrogens (tertiary/aromatic N) is 2. The van der Waals surface area contributed by atoms with Crippen molar-refractivity contribution in [2.24, 2.45) is 0 Å². The van der Waals surface area contributed by atoms with E-state index in [1.54, 1.807) is 22.9 Å².